The lowest BCUT2D eigenvalue weighted by Gasteiger charge is -2.30. The van der Waals surface area contributed by atoms with E-state index in [0.717, 1.165) is 49.9 Å². The Labute approximate surface area is 172 Å². The maximum atomic E-state index is 13.3. The van der Waals surface area contributed by atoms with Gasteiger partial charge in [0.25, 0.3) is 5.56 Å². The predicted octanol–water partition coefficient (Wildman–Crippen LogP) is 2.32. The van der Waals surface area contributed by atoms with E-state index in [9.17, 15) is 14.7 Å². The van der Waals surface area contributed by atoms with Crippen LogP contribution < -0.4 is 10.9 Å². The van der Waals surface area contributed by atoms with Crippen LogP contribution in [0, 0.1) is 11.8 Å². The van der Waals surface area contributed by atoms with Crippen molar-refractivity contribution in [2.75, 3.05) is 19.7 Å². The summed E-state index contributed by atoms with van der Waals surface area (Å²) in [5.41, 5.74) is 3.08. The van der Waals surface area contributed by atoms with E-state index in [-0.39, 0.29) is 42.0 Å². The minimum Gasteiger partial charge on any atom is -0.396 e. The Morgan fingerprint density at radius 1 is 1.28 bits per heavy atom. The van der Waals surface area contributed by atoms with Crippen LogP contribution in [-0.4, -0.2) is 46.2 Å². The van der Waals surface area contributed by atoms with Gasteiger partial charge in [-0.15, -0.1) is 0 Å². The van der Waals surface area contributed by atoms with Gasteiger partial charge in [0, 0.05) is 42.8 Å². The van der Waals surface area contributed by atoms with Gasteiger partial charge < -0.3 is 15.0 Å². The van der Waals surface area contributed by atoms with Gasteiger partial charge in [0.1, 0.15) is 0 Å². The molecule has 158 valence electrons. The van der Waals surface area contributed by atoms with Crippen LogP contribution in [0.4, 0.5) is 0 Å². The van der Waals surface area contributed by atoms with Crippen LogP contribution in [-0.2, 0) is 11.3 Å². The average Bonchev–Trinajstić information content (AvgIpc) is 3.43. The molecule has 0 bridgehead atoms. The molecule has 3 heterocycles. The number of amides is 1. The quantitative estimate of drug-likeness (QED) is 0.738. The van der Waals surface area contributed by atoms with Crippen molar-refractivity contribution < 1.29 is 9.90 Å². The van der Waals surface area contributed by atoms with Crippen molar-refractivity contribution in [2.45, 2.75) is 64.6 Å². The lowest BCUT2D eigenvalue weighted by atomic mass is 9.88. The van der Waals surface area contributed by atoms with Gasteiger partial charge >= 0.3 is 0 Å². The summed E-state index contributed by atoms with van der Waals surface area (Å²) in [4.78, 5) is 28.5. The first kappa shape index (κ1) is 20.4. The largest absolute Gasteiger partial charge is 0.396 e. The number of allylic oxidation sites excluding steroid dienone is 2. The smallest absolute Gasteiger partial charge is 0.258 e. The highest BCUT2D eigenvalue weighted by Crippen LogP contribution is 2.49. The number of hydrogen-bond donors (Lipinski definition) is 2. The summed E-state index contributed by atoms with van der Waals surface area (Å²) in [5, 5.41) is 13.2. The van der Waals surface area contributed by atoms with E-state index < -0.39 is 0 Å². The lowest BCUT2D eigenvalue weighted by molar-refractivity contribution is -0.127. The molecule has 6 nitrogen and oxygen atoms in total. The number of fused-ring (bicyclic) bond motifs is 3. The van der Waals surface area contributed by atoms with E-state index in [4.69, 9.17) is 0 Å². The molecule has 0 spiro atoms. The third-order valence-corrected chi connectivity index (χ3v) is 6.88. The Hall–Kier alpha value is -1.92. The molecule has 4 rings (SSSR count). The molecule has 1 amide bonds. The van der Waals surface area contributed by atoms with Gasteiger partial charge in [0.15, 0.2) is 0 Å². The summed E-state index contributed by atoms with van der Waals surface area (Å²) in [7, 11) is 0. The molecule has 1 aliphatic carbocycles. The summed E-state index contributed by atoms with van der Waals surface area (Å²) in [6, 6.07) is 3.76. The first-order valence-corrected chi connectivity index (χ1v) is 11.2. The van der Waals surface area contributed by atoms with E-state index in [0.29, 0.717) is 13.1 Å². The number of rotatable bonds is 7. The summed E-state index contributed by atoms with van der Waals surface area (Å²) >= 11 is 0. The molecule has 1 aromatic heterocycles. The predicted molar refractivity (Wildman–Crippen MR) is 113 cm³/mol. The Morgan fingerprint density at radius 3 is 2.76 bits per heavy atom. The standard InChI is InChI=1S/C23H33N3O3/c1-3-11-24-22(28)21-18(14-27)17-13-26-19(20(17)25(21)12-4-2)10-9-16(23(26)29)15-7-5-6-8-15/h7,9-10,17-18,20-21,27H,3-6,8,11-14H2,1-2H3,(H,24,28)/t17-,18-,20+,21-/m1/s1. The second-order valence-electron chi connectivity index (χ2n) is 8.64. The zero-order chi connectivity index (χ0) is 20.5. The molecular formula is C23H33N3O3. The van der Waals surface area contributed by atoms with Crippen LogP contribution in [0.1, 0.15) is 63.3 Å². The maximum absolute atomic E-state index is 13.3. The van der Waals surface area contributed by atoms with E-state index in [1.54, 1.807) is 0 Å². The summed E-state index contributed by atoms with van der Waals surface area (Å²) in [5.74, 6) is -0.0586. The van der Waals surface area contributed by atoms with Crippen molar-refractivity contribution in [1.82, 2.24) is 14.8 Å². The average molecular weight is 400 g/mol. The third-order valence-electron chi connectivity index (χ3n) is 6.88. The molecule has 0 radical (unpaired) electrons. The van der Waals surface area contributed by atoms with Crippen molar-refractivity contribution in [2.24, 2.45) is 11.8 Å². The van der Waals surface area contributed by atoms with Crippen LogP contribution in [0.2, 0.25) is 0 Å². The molecule has 6 heteroatoms. The SMILES string of the molecule is CCCNC(=O)[C@H]1[C@H](CO)[C@H]2Cn3c(ccc(C4=CCCC4)c3=O)[C@H]2N1CCC. The molecule has 1 saturated heterocycles. The van der Waals surface area contributed by atoms with Gasteiger partial charge in [-0.2, -0.15) is 0 Å². The van der Waals surface area contributed by atoms with E-state index in [1.165, 1.54) is 5.57 Å². The number of likely N-dealkylation sites (tertiary alicyclic amines) is 1. The highest BCUT2D eigenvalue weighted by Gasteiger charge is 2.55. The van der Waals surface area contributed by atoms with Gasteiger partial charge in [0.05, 0.1) is 12.1 Å². The van der Waals surface area contributed by atoms with E-state index in [1.807, 2.05) is 17.6 Å². The van der Waals surface area contributed by atoms with Gasteiger partial charge in [0.2, 0.25) is 5.91 Å². The number of aliphatic hydroxyl groups is 1. The maximum Gasteiger partial charge on any atom is 0.258 e. The second-order valence-corrected chi connectivity index (χ2v) is 8.64. The number of aromatic nitrogens is 1. The Balaban J connectivity index is 1.71. The Bertz CT molecular complexity index is 859. The molecule has 0 unspecified atom stereocenters. The van der Waals surface area contributed by atoms with Gasteiger partial charge in [-0.25, -0.2) is 0 Å². The fourth-order valence-corrected chi connectivity index (χ4v) is 5.64. The van der Waals surface area contributed by atoms with Crippen molar-refractivity contribution in [3.63, 3.8) is 0 Å². The normalized spacial score (nSPS) is 28.3. The highest BCUT2D eigenvalue weighted by atomic mass is 16.3. The zero-order valence-electron chi connectivity index (χ0n) is 17.6. The Morgan fingerprint density at radius 2 is 2.10 bits per heavy atom. The Kier molecular flexibility index (Phi) is 5.93. The van der Waals surface area contributed by atoms with Crippen LogP contribution in [0.25, 0.3) is 5.57 Å². The monoisotopic (exact) mass is 399 g/mol. The van der Waals surface area contributed by atoms with Crippen LogP contribution in [0.5, 0.6) is 0 Å². The number of carbonyl (C=O) groups is 1. The molecule has 0 aromatic carbocycles. The molecule has 1 aromatic rings. The first-order chi connectivity index (χ1) is 14.1. The third kappa shape index (κ3) is 3.36. The van der Waals surface area contributed by atoms with Crippen molar-refractivity contribution in [1.29, 1.82) is 0 Å². The minimum atomic E-state index is -0.331. The topological polar surface area (TPSA) is 74.6 Å². The number of hydrogen-bond acceptors (Lipinski definition) is 4. The fraction of sp³-hybridized carbons (Fsp3) is 0.652. The van der Waals surface area contributed by atoms with Crippen LogP contribution in [0.15, 0.2) is 23.0 Å². The molecule has 29 heavy (non-hydrogen) atoms. The number of nitrogens with zero attached hydrogens (tertiary/aromatic N) is 2. The minimum absolute atomic E-state index is 0.00961. The molecule has 2 aliphatic heterocycles. The number of carbonyl (C=O) groups excluding carboxylic acids is 1. The van der Waals surface area contributed by atoms with Gasteiger partial charge in [-0.3, -0.25) is 14.5 Å². The summed E-state index contributed by atoms with van der Waals surface area (Å²) in [6.07, 6.45) is 7.14. The van der Waals surface area contributed by atoms with Crippen molar-refractivity contribution in [3.8, 4) is 0 Å². The van der Waals surface area contributed by atoms with Crippen LogP contribution >= 0.6 is 0 Å². The number of nitrogens with one attached hydrogen (secondary N) is 1. The van der Waals surface area contributed by atoms with E-state index >= 15 is 0 Å². The number of pyridine rings is 1. The van der Waals surface area contributed by atoms with Gasteiger partial charge in [-0.05, 0) is 56.4 Å². The molecule has 0 saturated carbocycles. The van der Waals surface area contributed by atoms with Gasteiger partial charge in [-0.1, -0.05) is 19.9 Å². The van der Waals surface area contributed by atoms with Crippen LogP contribution in [0.3, 0.4) is 0 Å². The first-order valence-electron chi connectivity index (χ1n) is 11.2. The van der Waals surface area contributed by atoms with Crippen molar-refractivity contribution in [3.05, 3.63) is 39.8 Å². The number of aliphatic hydroxyl groups excluding tert-OH is 1. The summed E-state index contributed by atoms with van der Waals surface area (Å²) < 4.78 is 1.91. The van der Waals surface area contributed by atoms with E-state index in [2.05, 4.69) is 29.3 Å². The lowest BCUT2D eigenvalue weighted by Crippen LogP contribution is -2.48. The fourth-order valence-electron chi connectivity index (χ4n) is 5.64. The molecule has 4 atom stereocenters. The molecular weight excluding hydrogens is 366 g/mol. The molecule has 2 N–H and O–H groups in total. The second kappa shape index (κ2) is 8.44. The molecule has 1 fully saturated rings. The van der Waals surface area contributed by atoms with Crippen molar-refractivity contribution >= 4 is 11.5 Å². The molecule has 3 aliphatic rings. The highest BCUT2D eigenvalue weighted by molar-refractivity contribution is 5.82. The summed E-state index contributed by atoms with van der Waals surface area (Å²) in [6.45, 7) is 6.13. The zero-order valence-corrected chi connectivity index (χ0v) is 17.6.